The Morgan fingerprint density at radius 1 is 0.903 bits per heavy atom. The lowest BCUT2D eigenvalue weighted by molar-refractivity contribution is -0.279. The molecule has 0 aliphatic carbocycles. The Kier molecular flexibility index (Phi) is 10.1. The number of rotatable bonds is 13. The molecule has 0 aromatic heterocycles. The SMILES string of the molecule is CCCCCCCCCCOC[C@@]12O[C@@H](CN3CCCCCC3)[C@@H](O)[C@@H]1OC(C)(C)O2. The molecule has 0 bridgehead atoms. The van der Waals surface area contributed by atoms with E-state index in [-0.39, 0.29) is 6.10 Å². The van der Waals surface area contributed by atoms with Crippen LogP contribution >= 0.6 is 0 Å². The minimum absolute atomic E-state index is 0.300. The first kappa shape index (κ1) is 25.4. The van der Waals surface area contributed by atoms with Gasteiger partial charge in [0.1, 0.15) is 24.9 Å². The molecule has 0 spiro atoms. The van der Waals surface area contributed by atoms with Crippen molar-refractivity contribution in [2.75, 3.05) is 32.8 Å². The lowest BCUT2D eigenvalue weighted by Crippen LogP contribution is -2.45. The van der Waals surface area contributed by atoms with Gasteiger partial charge in [0.15, 0.2) is 5.79 Å². The van der Waals surface area contributed by atoms with Crippen molar-refractivity contribution in [3.05, 3.63) is 0 Å². The summed E-state index contributed by atoms with van der Waals surface area (Å²) < 4.78 is 24.7. The Morgan fingerprint density at radius 2 is 1.55 bits per heavy atom. The lowest BCUT2D eigenvalue weighted by atomic mass is 10.1. The summed E-state index contributed by atoms with van der Waals surface area (Å²) in [6, 6.07) is 0. The van der Waals surface area contributed by atoms with Gasteiger partial charge in [0.05, 0.1) is 0 Å². The van der Waals surface area contributed by atoms with Gasteiger partial charge in [-0.25, -0.2) is 0 Å². The second-order valence-corrected chi connectivity index (χ2v) is 10.2. The first-order valence-corrected chi connectivity index (χ1v) is 13.0. The van der Waals surface area contributed by atoms with E-state index in [1.54, 1.807) is 0 Å². The zero-order valence-corrected chi connectivity index (χ0v) is 20.3. The third-order valence-corrected chi connectivity index (χ3v) is 6.89. The molecule has 3 heterocycles. The molecule has 31 heavy (non-hydrogen) atoms. The van der Waals surface area contributed by atoms with Crippen LogP contribution in [0.3, 0.4) is 0 Å². The standard InChI is InChI=1S/C25H47NO5/c1-4-5-6-7-8-9-12-15-18-28-20-25-23(30-24(2,3)31-25)22(27)21(29-25)19-26-16-13-10-11-14-17-26/h21-23,27H,4-20H2,1-3H3/t21-,22+,23-,25-/m0/s1. The molecule has 6 nitrogen and oxygen atoms in total. The zero-order chi connectivity index (χ0) is 22.2. The van der Waals surface area contributed by atoms with E-state index in [0.29, 0.717) is 13.2 Å². The Labute approximate surface area is 189 Å². The van der Waals surface area contributed by atoms with Gasteiger partial charge >= 0.3 is 0 Å². The Balaban J connectivity index is 1.43. The molecule has 1 N–H and O–H groups in total. The molecule has 3 rings (SSSR count). The van der Waals surface area contributed by atoms with E-state index in [2.05, 4.69) is 11.8 Å². The molecule has 0 amide bonds. The van der Waals surface area contributed by atoms with Gasteiger partial charge in [0.25, 0.3) is 0 Å². The summed E-state index contributed by atoms with van der Waals surface area (Å²) in [6.07, 6.45) is 13.8. The van der Waals surface area contributed by atoms with Gasteiger partial charge < -0.3 is 29.0 Å². The van der Waals surface area contributed by atoms with Gasteiger partial charge in [-0.15, -0.1) is 0 Å². The summed E-state index contributed by atoms with van der Waals surface area (Å²) in [5, 5.41) is 11.0. The van der Waals surface area contributed by atoms with E-state index in [4.69, 9.17) is 18.9 Å². The fourth-order valence-corrected chi connectivity index (χ4v) is 5.25. The average Bonchev–Trinajstić information content (AvgIpc) is 2.97. The maximum atomic E-state index is 11.0. The van der Waals surface area contributed by atoms with Crippen LogP contribution < -0.4 is 0 Å². The number of aliphatic hydroxyl groups excluding tert-OH is 1. The van der Waals surface area contributed by atoms with E-state index in [1.165, 1.54) is 70.6 Å². The van der Waals surface area contributed by atoms with E-state index >= 15 is 0 Å². The van der Waals surface area contributed by atoms with Crippen LogP contribution in [-0.2, 0) is 18.9 Å². The van der Waals surface area contributed by atoms with E-state index in [1.807, 2.05) is 13.8 Å². The van der Waals surface area contributed by atoms with Crippen LogP contribution in [0, 0.1) is 0 Å². The van der Waals surface area contributed by atoms with Crippen LogP contribution in [-0.4, -0.2) is 72.7 Å². The number of ether oxygens (including phenoxy) is 4. The van der Waals surface area contributed by atoms with Crippen LogP contribution in [0.1, 0.15) is 97.8 Å². The quantitative estimate of drug-likeness (QED) is 0.421. The topological polar surface area (TPSA) is 60.4 Å². The van der Waals surface area contributed by atoms with Crippen LogP contribution in [0.15, 0.2) is 0 Å². The van der Waals surface area contributed by atoms with Crippen LogP contribution in [0.25, 0.3) is 0 Å². The van der Waals surface area contributed by atoms with Gasteiger partial charge in [-0.1, -0.05) is 64.7 Å². The predicted molar refractivity (Wildman–Crippen MR) is 122 cm³/mol. The highest BCUT2D eigenvalue weighted by molar-refractivity contribution is 5.03. The molecule has 0 aromatic carbocycles. The summed E-state index contributed by atoms with van der Waals surface area (Å²) in [6.45, 7) is 9.90. The molecule has 0 unspecified atom stereocenters. The molecule has 3 saturated heterocycles. The molecule has 182 valence electrons. The fourth-order valence-electron chi connectivity index (χ4n) is 5.25. The largest absolute Gasteiger partial charge is 0.387 e. The number of hydrogen-bond donors (Lipinski definition) is 1. The Bertz CT molecular complexity index is 508. The number of nitrogens with zero attached hydrogens (tertiary/aromatic N) is 1. The monoisotopic (exact) mass is 441 g/mol. The second-order valence-electron chi connectivity index (χ2n) is 10.2. The minimum Gasteiger partial charge on any atom is -0.387 e. The number of likely N-dealkylation sites (tertiary alicyclic amines) is 1. The molecule has 0 saturated carbocycles. The maximum absolute atomic E-state index is 11.0. The molecule has 3 aliphatic rings. The molecular formula is C25H47NO5. The lowest BCUT2D eigenvalue weighted by Gasteiger charge is -2.30. The molecular weight excluding hydrogens is 394 g/mol. The first-order chi connectivity index (χ1) is 15.0. The number of aliphatic hydroxyl groups is 1. The van der Waals surface area contributed by atoms with Crippen molar-refractivity contribution in [1.82, 2.24) is 4.90 Å². The van der Waals surface area contributed by atoms with Crippen molar-refractivity contribution < 1.29 is 24.1 Å². The van der Waals surface area contributed by atoms with Crippen LogP contribution in [0.2, 0.25) is 0 Å². The van der Waals surface area contributed by atoms with Crippen molar-refractivity contribution in [2.45, 2.75) is 128 Å². The van der Waals surface area contributed by atoms with Crippen molar-refractivity contribution in [2.24, 2.45) is 0 Å². The van der Waals surface area contributed by atoms with Crippen molar-refractivity contribution >= 4 is 0 Å². The summed E-state index contributed by atoms with van der Waals surface area (Å²) >= 11 is 0. The summed E-state index contributed by atoms with van der Waals surface area (Å²) in [5.74, 6) is -1.78. The third kappa shape index (κ3) is 7.38. The zero-order valence-electron chi connectivity index (χ0n) is 20.3. The molecule has 3 fully saturated rings. The summed E-state index contributed by atoms with van der Waals surface area (Å²) in [5.41, 5.74) is 0. The summed E-state index contributed by atoms with van der Waals surface area (Å²) in [7, 11) is 0. The Hall–Kier alpha value is -0.240. The van der Waals surface area contributed by atoms with Crippen LogP contribution in [0.5, 0.6) is 0 Å². The van der Waals surface area contributed by atoms with E-state index in [9.17, 15) is 5.11 Å². The number of hydrogen-bond acceptors (Lipinski definition) is 6. The van der Waals surface area contributed by atoms with Crippen LogP contribution in [0.4, 0.5) is 0 Å². The predicted octanol–water partition coefficient (Wildman–Crippen LogP) is 4.63. The minimum atomic E-state index is -1.00. The highest BCUT2D eigenvalue weighted by atomic mass is 16.9. The summed E-state index contributed by atoms with van der Waals surface area (Å²) in [4.78, 5) is 2.42. The maximum Gasteiger partial charge on any atom is 0.224 e. The first-order valence-electron chi connectivity index (χ1n) is 13.0. The van der Waals surface area contributed by atoms with E-state index < -0.39 is 23.8 Å². The highest BCUT2D eigenvalue weighted by Crippen LogP contribution is 2.45. The average molecular weight is 442 g/mol. The molecule has 0 radical (unpaired) electrons. The smallest absolute Gasteiger partial charge is 0.224 e. The van der Waals surface area contributed by atoms with Gasteiger partial charge in [-0.05, 0) is 46.2 Å². The Morgan fingerprint density at radius 3 is 2.23 bits per heavy atom. The molecule has 0 aromatic rings. The fraction of sp³-hybridized carbons (Fsp3) is 1.00. The highest BCUT2D eigenvalue weighted by Gasteiger charge is 2.64. The second kappa shape index (κ2) is 12.3. The number of unbranched alkanes of at least 4 members (excludes halogenated alkanes) is 7. The van der Waals surface area contributed by atoms with Crippen molar-refractivity contribution in [1.29, 1.82) is 0 Å². The molecule has 3 aliphatic heterocycles. The molecule has 4 atom stereocenters. The van der Waals surface area contributed by atoms with Crippen molar-refractivity contribution in [3.8, 4) is 0 Å². The van der Waals surface area contributed by atoms with Gasteiger partial charge in [-0.2, -0.15) is 0 Å². The van der Waals surface area contributed by atoms with Crippen molar-refractivity contribution in [3.63, 3.8) is 0 Å². The third-order valence-electron chi connectivity index (χ3n) is 6.89. The normalized spacial score (nSPS) is 33.5. The van der Waals surface area contributed by atoms with E-state index in [0.717, 1.165) is 26.1 Å². The number of fused-ring (bicyclic) bond motifs is 1. The van der Waals surface area contributed by atoms with Gasteiger partial charge in [-0.3, -0.25) is 0 Å². The van der Waals surface area contributed by atoms with Gasteiger partial charge in [0.2, 0.25) is 5.79 Å². The van der Waals surface area contributed by atoms with Gasteiger partial charge in [0, 0.05) is 13.2 Å². The molecule has 6 heteroatoms.